The van der Waals surface area contributed by atoms with Crippen molar-refractivity contribution in [1.82, 2.24) is 4.90 Å². The highest BCUT2D eigenvalue weighted by molar-refractivity contribution is 5.67. The number of piperidine rings is 1. The standard InChI is InChI=1S/C16H22N2O5/c1-2-3-11-22-16(19)17-9-7-14(8-10-17)23-15-6-4-5-13(12-15)18(20)21/h4-6,12,14H,2-3,7-11H2,1H3. The van der Waals surface area contributed by atoms with Crippen LogP contribution in [0.5, 0.6) is 5.75 Å². The molecule has 0 aliphatic carbocycles. The highest BCUT2D eigenvalue weighted by Crippen LogP contribution is 2.23. The molecule has 1 aliphatic rings. The van der Waals surface area contributed by atoms with Crippen LogP contribution in [0.1, 0.15) is 32.6 Å². The van der Waals surface area contributed by atoms with Crippen molar-refractivity contribution in [3.05, 3.63) is 34.4 Å². The molecule has 1 heterocycles. The fourth-order valence-electron chi connectivity index (χ4n) is 2.41. The molecule has 1 aliphatic heterocycles. The zero-order chi connectivity index (χ0) is 16.7. The largest absolute Gasteiger partial charge is 0.490 e. The lowest BCUT2D eigenvalue weighted by molar-refractivity contribution is -0.384. The van der Waals surface area contributed by atoms with Gasteiger partial charge in [-0.3, -0.25) is 10.1 Å². The van der Waals surface area contributed by atoms with E-state index in [1.54, 1.807) is 17.0 Å². The van der Waals surface area contributed by atoms with Crippen molar-refractivity contribution in [2.24, 2.45) is 0 Å². The van der Waals surface area contributed by atoms with Gasteiger partial charge in [0.2, 0.25) is 0 Å². The first-order valence-electron chi connectivity index (χ1n) is 7.93. The third-order valence-electron chi connectivity index (χ3n) is 3.75. The number of nitro benzene ring substituents is 1. The van der Waals surface area contributed by atoms with Crippen LogP contribution in [0, 0.1) is 10.1 Å². The van der Waals surface area contributed by atoms with Gasteiger partial charge in [-0.2, -0.15) is 0 Å². The predicted octanol–water partition coefficient (Wildman–Crippen LogP) is 3.37. The number of unbranched alkanes of at least 4 members (excludes halogenated alkanes) is 1. The lowest BCUT2D eigenvalue weighted by Crippen LogP contribution is -2.42. The van der Waals surface area contributed by atoms with Crippen LogP contribution in [0.25, 0.3) is 0 Å². The van der Waals surface area contributed by atoms with Gasteiger partial charge >= 0.3 is 6.09 Å². The number of hydrogen-bond donors (Lipinski definition) is 0. The van der Waals surface area contributed by atoms with Crippen LogP contribution in [-0.4, -0.2) is 41.7 Å². The molecule has 1 amide bonds. The number of nitrogens with zero attached hydrogens (tertiary/aromatic N) is 2. The van der Waals surface area contributed by atoms with Gasteiger partial charge in [0.05, 0.1) is 17.6 Å². The summed E-state index contributed by atoms with van der Waals surface area (Å²) in [4.78, 5) is 23.8. The average molecular weight is 322 g/mol. The second-order valence-corrected chi connectivity index (χ2v) is 5.53. The Morgan fingerprint density at radius 2 is 2.13 bits per heavy atom. The molecule has 126 valence electrons. The maximum atomic E-state index is 11.8. The molecule has 7 heteroatoms. The van der Waals surface area contributed by atoms with E-state index in [9.17, 15) is 14.9 Å². The number of ether oxygens (including phenoxy) is 2. The molecule has 0 spiro atoms. The summed E-state index contributed by atoms with van der Waals surface area (Å²) in [6.07, 6.45) is 2.92. The third kappa shape index (κ3) is 5.12. The minimum atomic E-state index is -0.443. The van der Waals surface area contributed by atoms with E-state index in [1.165, 1.54) is 12.1 Å². The van der Waals surface area contributed by atoms with Gasteiger partial charge in [0, 0.05) is 32.0 Å². The first-order valence-corrected chi connectivity index (χ1v) is 7.93. The fraction of sp³-hybridized carbons (Fsp3) is 0.562. The molecule has 0 aromatic heterocycles. The van der Waals surface area contributed by atoms with E-state index in [-0.39, 0.29) is 17.9 Å². The van der Waals surface area contributed by atoms with Crippen LogP contribution in [0.3, 0.4) is 0 Å². The maximum absolute atomic E-state index is 11.8. The van der Waals surface area contributed by atoms with Gasteiger partial charge in [0.25, 0.3) is 5.69 Å². The summed E-state index contributed by atoms with van der Waals surface area (Å²) in [5.41, 5.74) is 0.0134. The van der Waals surface area contributed by atoms with Crippen molar-refractivity contribution in [2.75, 3.05) is 19.7 Å². The Kier molecular flexibility index (Phi) is 6.19. The Hall–Kier alpha value is -2.31. The minimum Gasteiger partial charge on any atom is -0.490 e. The smallest absolute Gasteiger partial charge is 0.409 e. The van der Waals surface area contributed by atoms with E-state index in [0.717, 1.165) is 12.8 Å². The van der Waals surface area contributed by atoms with E-state index in [1.807, 2.05) is 6.92 Å². The van der Waals surface area contributed by atoms with Crippen molar-refractivity contribution in [3.63, 3.8) is 0 Å². The number of hydrogen-bond acceptors (Lipinski definition) is 5. The number of amides is 1. The minimum absolute atomic E-state index is 0.0134. The molecule has 0 bridgehead atoms. The summed E-state index contributed by atoms with van der Waals surface area (Å²) in [6.45, 7) is 3.65. The summed E-state index contributed by atoms with van der Waals surface area (Å²) < 4.78 is 11.0. The highest BCUT2D eigenvalue weighted by Gasteiger charge is 2.25. The molecule has 0 N–H and O–H groups in total. The van der Waals surface area contributed by atoms with Crippen LogP contribution < -0.4 is 4.74 Å². The number of likely N-dealkylation sites (tertiary alicyclic amines) is 1. The summed E-state index contributed by atoms with van der Waals surface area (Å²) in [7, 11) is 0. The first-order chi connectivity index (χ1) is 11.1. The monoisotopic (exact) mass is 322 g/mol. The van der Waals surface area contributed by atoms with E-state index in [2.05, 4.69) is 0 Å². The van der Waals surface area contributed by atoms with Gasteiger partial charge in [-0.15, -0.1) is 0 Å². The molecule has 1 aromatic carbocycles. The van der Waals surface area contributed by atoms with Crippen LogP contribution in [-0.2, 0) is 4.74 Å². The van der Waals surface area contributed by atoms with Crippen molar-refractivity contribution < 1.29 is 19.2 Å². The van der Waals surface area contributed by atoms with Gasteiger partial charge in [-0.1, -0.05) is 19.4 Å². The van der Waals surface area contributed by atoms with Crippen LogP contribution in [0.4, 0.5) is 10.5 Å². The number of nitro groups is 1. The number of non-ortho nitro benzene ring substituents is 1. The molecule has 0 atom stereocenters. The number of rotatable bonds is 6. The Morgan fingerprint density at radius 1 is 1.39 bits per heavy atom. The quantitative estimate of drug-likeness (QED) is 0.455. The molecule has 23 heavy (non-hydrogen) atoms. The zero-order valence-corrected chi connectivity index (χ0v) is 13.3. The highest BCUT2D eigenvalue weighted by atomic mass is 16.6. The molecular weight excluding hydrogens is 300 g/mol. The zero-order valence-electron chi connectivity index (χ0n) is 13.3. The topological polar surface area (TPSA) is 81.9 Å². The summed E-state index contributed by atoms with van der Waals surface area (Å²) in [5.74, 6) is 0.489. The Bertz CT molecular complexity index is 541. The molecule has 2 rings (SSSR count). The maximum Gasteiger partial charge on any atom is 0.409 e. The normalized spacial score (nSPS) is 15.3. The van der Waals surface area contributed by atoms with E-state index >= 15 is 0 Å². The van der Waals surface area contributed by atoms with Gasteiger partial charge in [-0.05, 0) is 12.5 Å². The Morgan fingerprint density at radius 3 is 2.78 bits per heavy atom. The van der Waals surface area contributed by atoms with Crippen molar-refractivity contribution >= 4 is 11.8 Å². The van der Waals surface area contributed by atoms with E-state index in [0.29, 0.717) is 38.3 Å². The Labute approximate surface area is 135 Å². The van der Waals surface area contributed by atoms with E-state index < -0.39 is 4.92 Å². The molecule has 1 saturated heterocycles. The van der Waals surface area contributed by atoms with Crippen LogP contribution in [0.2, 0.25) is 0 Å². The lowest BCUT2D eigenvalue weighted by Gasteiger charge is -2.31. The molecule has 0 radical (unpaired) electrons. The summed E-state index contributed by atoms with van der Waals surface area (Å²) in [5, 5.41) is 10.8. The second kappa shape index (κ2) is 8.36. The average Bonchev–Trinajstić information content (AvgIpc) is 2.56. The number of carbonyl (C=O) groups is 1. The molecule has 0 unspecified atom stereocenters. The summed E-state index contributed by atoms with van der Waals surface area (Å²) >= 11 is 0. The van der Waals surface area contributed by atoms with E-state index in [4.69, 9.17) is 9.47 Å². The third-order valence-corrected chi connectivity index (χ3v) is 3.75. The molecule has 1 aromatic rings. The fourth-order valence-corrected chi connectivity index (χ4v) is 2.41. The predicted molar refractivity (Wildman–Crippen MR) is 84.6 cm³/mol. The number of benzene rings is 1. The lowest BCUT2D eigenvalue weighted by atomic mass is 10.1. The van der Waals surface area contributed by atoms with Crippen LogP contribution in [0.15, 0.2) is 24.3 Å². The number of carbonyl (C=O) groups excluding carboxylic acids is 1. The molecule has 0 saturated carbocycles. The SMILES string of the molecule is CCCCOC(=O)N1CCC(Oc2cccc([N+](=O)[O-])c2)CC1. The van der Waals surface area contributed by atoms with Gasteiger partial charge < -0.3 is 14.4 Å². The van der Waals surface area contributed by atoms with Crippen molar-refractivity contribution in [3.8, 4) is 5.75 Å². The molecular formula is C16H22N2O5. The first kappa shape index (κ1) is 17.1. The van der Waals surface area contributed by atoms with Crippen molar-refractivity contribution in [1.29, 1.82) is 0 Å². The molecule has 7 nitrogen and oxygen atoms in total. The van der Waals surface area contributed by atoms with Gasteiger partial charge in [0.15, 0.2) is 0 Å². The second-order valence-electron chi connectivity index (χ2n) is 5.53. The Balaban J connectivity index is 1.79. The van der Waals surface area contributed by atoms with Gasteiger partial charge in [-0.25, -0.2) is 4.79 Å². The van der Waals surface area contributed by atoms with Gasteiger partial charge in [0.1, 0.15) is 11.9 Å². The van der Waals surface area contributed by atoms with Crippen LogP contribution >= 0.6 is 0 Å². The molecule has 1 fully saturated rings. The van der Waals surface area contributed by atoms with Crippen molar-refractivity contribution in [2.45, 2.75) is 38.7 Å². The summed E-state index contributed by atoms with van der Waals surface area (Å²) in [6, 6.07) is 6.17.